The van der Waals surface area contributed by atoms with Crippen molar-refractivity contribution in [3.05, 3.63) is 69.5 Å². The first-order valence-electron chi connectivity index (χ1n) is 9.60. The van der Waals surface area contributed by atoms with E-state index in [1.807, 2.05) is 31.2 Å². The first kappa shape index (κ1) is 21.4. The van der Waals surface area contributed by atoms with E-state index in [0.717, 1.165) is 16.5 Å². The van der Waals surface area contributed by atoms with Crippen molar-refractivity contribution in [1.82, 2.24) is 9.88 Å². The van der Waals surface area contributed by atoms with Crippen LogP contribution in [0.5, 0.6) is 11.5 Å². The third kappa shape index (κ3) is 4.46. The van der Waals surface area contributed by atoms with E-state index >= 15 is 0 Å². The number of methoxy groups -OCH3 is 3. The first-order valence-corrected chi connectivity index (χ1v) is 9.60. The van der Waals surface area contributed by atoms with Crippen LogP contribution in [0, 0.1) is 6.92 Å². The lowest BCUT2D eigenvalue weighted by atomic mass is 10.1. The van der Waals surface area contributed by atoms with E-state index in [-0.39, 0.29) is 18.0 Å². The number of rotatable bonds is 8. The second-order valence-corrected chi connectivity index (χ2v) is 6.95. The molecule has 7 heteroatoms. The SMILES string of the molecule is COCCN(Cc1cc2cccc(C)c2[nH]c1=O)C(=O)c1ccc(OC)c(OC)c1. The van der Waals surface area contributed by atoms with E-state index in [1.165, 1.54) is 14.2 Å². The molecule has 0 saturated carbocycles. The summed E-state index contributed by atoms with van der Waals surface area (Å²) in [6, 6.07) is 12.7. The van der Waals surface area contributed by atoms with Gasteiger partial charge in [0.1, 0.15) is 0 Å². The molecule has 0 fully saturated rings. The summed E-state index contributed by atoms with van der Waals surface area (Å²) < 4.78 is 15.7. The van der Waals surface area contributed by atoms with Crippen LogP contribution in [0.1, 0.15) is 21.5 Å². The molecule has 0 bridgehead atoms. The number of aromatic nitrogens is 1. The van der Waals surface area contributed by atoms with Gasteiger partial charge in [0.25, 0.3) is 11.5 Å². The fraction of sp³-hybridized carbons (Fsp3) is 0.304. The third-order valence-electron chi connectivity index (χ3n) is 5.01. The van der Waals surface area contributed by atoms with E-state index in [1.54, 1.807) is 30.2 Å². The minimum Gasteiger partial charge on any atom is -0.493 e. The van der Waals surface area contributed by atoms with Gasteiger partial charge in [0, 0.05) is 24.8 Å². The van der Waals surface area contributed by atoms with Gasteiger partial charge in [-0.1, -0.05) is 18.2 Å². The van der Waals surface area contributed by atoms with Gasteiger partial charge in [0.05, 0.1) is 32.9 Å². The van der Waals surface area contributed by atoms with E-state index in [2.05, 4.69) is 4.98 Å². The van der Waals surface area contributed by atoms with Crippen molar-refractivity contribution >= 4 is 16.8 Å². The van der Waals surface area contributed by atoms with Crippen LogP contribution >= 0.6 is 0 Å². The number of benzene rings is 2. The number of carbonyl (C=O) groups excluding carboxylic acids is 1. The van der Waals surface area contributed by atoms with Crippen LogP contribution < -0.4 is 15.0 Å². The highest BCUT2D eigenvalue weighted by atomic mass is 16.5. The fourth-order valence-electron chi connectivity index (χ4n) is 3.36. The number of fused-ring (bicyclic) bond motifs is 1. The number of amides is 1. The first-order chi connectivity index (χ1) is 14.5. The van der Waals surface area contributed by atoms with Gasteiger partial charge in [-0.05, 0) is 42.1 Å². The van der Waals surface area contributed by atoms with Crippen molar-refractivity contribution in [1.29, 1.82) is 0 Å². The Hall–Kier alpha value is -3.32. The molecule has 1 aromatic heterocycles. The van der Waals surface area contributed by atoms with Gasteiger partial charge in [-0.2, -0.15) is 0 Å². The Labute approximate surface area is 175 Å². The number of H-pyrrole nitrogens is 1. The Balaban J connectivity index is 1.95. The molecule has 1 N–H and O–H groups in total. The Bertz CT molecular complexity index is 1110. The molecule has 0 atom stereocenters. The van der Waals surface area contributed by atoms with Crippen LogP contribution in [0.3, 0.4) is 0 Å². The summed E-state index contributed by atoms with van der Waals surface area (Å²) >= 11 is 0. The van der Waals surface area contributed by atoms with Crippen LogP contribution in [0.4, 0.5) is 0 Å². The maximum Gasteiger partial charge on any atom is 0.254 e. The molecule has 0 aliphatic carbocycles. The summed E-state index contributed by atoms with van der Waals surface area (Å²) in [5.41, 5.74) is 2.55. The van der Waals surface area contributed by atoms with E-state index in [4.69, 9.17) is 14.2 Å². The molecule has 0 aliphatic rings. The number of ether oxygens (including phenoxy) is 3. The molecule has 158 valence electrons. The maximum absolute atomic E-state index is 13.2. The highest BCUT2D eigenvalue weighted by molar-refractivity contribution is 5.95. The average molecular weight is 410 g/mol. The standard InChI is InChI=1S/C23H26N2O5/c1-15-6-5-7-16-12-18(22(26)24-21(15)16)14-25(10-11-28-2)23(27)17-8-9-19(29-3)20(13-17)30-4/h5-9,12-13H,10-11,14H2,1-4H3,(H,24,26). The number of hydrogen-bond donors (Lipinski definition) is 1. The van der Waals surface area contributed by atoms with E-state index in [9.17, 15) is 9.59 Å². The van der Waals surface area contributed by atoms with Crippen molar-refractivity contribution in [3.63, 3.8) is 0 Å². The predicted octanol–water partition coefficient (Wildman–Crippen LogP) is 3.14. The largest absolute Gasteiger partial charge is 0.493 e. The second-order valence-electron chi connectivity index (χ2n) is 6.95. The van der Waals surface area contributed by atoms with Crippen LogP contribution in [0.15, 0.2) is 47.3 Å². The molecule has 0 radical (unpaired) electrons. The van der Waals surface area contributed by atoms with Crippen LogP contribution in [0.25, 0.3) is 10.9 Å². The molecule has 1 heterocycles. The average Bonchev–Trinajstić information content (AvgIpc) is 2.76. The van der Waals surface area contributed by atoms with Gasteiger partial charge >= 0.3 is 0 Å². The topological polar surface area (TPSA) is 80.9 Å². The summed E-state index contributed by atoms with van der Waals surface area (Å²) in [5, 5.41) is 0.926. The molecule has 30 heavy (non-hydrogen) atoms. The van der Waals surface area contributed by atoms with Crippen LogP contribution in [-0.4, -0.2) is 50.3 Å². The van der Waals surface area contributed by atoms with Gasteiger partial charge < -0.3 is 24.1 Å². The van der Waals surface area contributed by atoms with Crippen molar-refractivity contribution in [2.24, 2.45) is 0 Å². The Morgan fingerprint density at radius 1 is 1.03 bits per heavy atom. The van der Waals surface area contributed by atoms with Crippen molar-refractivity contribution in [2.45, 2.75) is 13.5 Å². The van der Waals surface area contributed by atoms with Crippen LogP contribution in [0.2, 0.25) is 0 Å². The molecule has 1 amide bonds. The van der Waals surface area contributed by atoms with Crippen molar-refractivity contribution in [3.8, 4) is 11.5 Å². The summed E-state index contributed by atoms with van der Waals surface area (Å²) in [6.07, 6.45) is 0. The zero-order chi connectivity index (χ0) is 21.7. The zero-order valence-electron chi connectivity index (χ0n) is 17.7. The molecule has 3 rings (SSSR count). The number of aryl methyl sites for hydroxylation is 1. The number of nitrogens with zero attached hydrogens (tertiary/aromatic N) is 1. The lowest BCUT2D eigenvalue weighted by molar-refractivity contribution is 0.0679. The summed E-state index contributed by atoms with van der Waals surface area (Å²) in [4.78, 5) is 30.4. The fourth-order valence-corrected chi connectivity index (χ4v) is 3.36. The highest BCUT2D eigenvalue weighted by Gasteiger charge is 2.19. The molecule has 0 saturated heterocycles. The molecule has 0 aliphatic heterocycles. The molecular formula is C23H26N2O5. The quantitative estimate of drug-likeness (QED) is 0.617. The Morgan fingerprint density at radius 2 is 1.80 bits per heavy atom. The second kappa shape index (κ2) is 9.45. The molecule has 0 spiro atoms. The Morgan fingerprint density at radius 3 is 2.50 bits per heavy atom. The minimum absolute atomic E-state index is 0.162. The summed E-state index contributed by atoms with van der Waals surface area (Å²) in [5.74, 6) is 0.782. The van der Waals surface area contributed by atoms with E-state index in [0.29, 0.717) is 35.8 Å². The summed E-state index contributed by atoms with van der Waals surface area (Å²) in [6.45, 7) is 2.80. The normalized spacial score (nSPS) is 10.8. The molecule has 0 unspecified atom stereocenters. The molecule has 7 nitrogen and oxygen atoms in total. The third-order valence-corrected chi connectivity index (χ3v) is 5.01. The lowest BCUT2D eigenvalue weighted by Crippen LogP contribution is -2.35. The molecule has 2 aromatic carbocycles. The van der Waals surface area contributed by atoms with E-state index < -0.39 is 0 Å². The zero-order valence-corrected chi connectivity index (χ0v) is 17.7. The number of para-hydroxylation sites is 1. The number of pyridine rings is 1. The summed E-state index contributed by atoms with van der Waals surface area (Å²) in [7, 11) is 4.63. The minimum atomic E-state index is -0.225. The predicted molar refractivity (Wildman–Crippen MR) is 115 cm³/mol. The van der Waals surface area contributed by atoms with Gasteiger partial charge in [-0.25, -0.2) is 0 Å². The highest BCUT2D eigenvalue weighted by Crippen LogP contribution is 2.28. The van der Waals surface area contributed by atoms with Gasteiger partial charge in [0.15, 0.2) is 11.5 Å². The number of carbonyl (C=O) groups is 1. The molecule has 3 aromatic rings. The van der Waals surface area contributed by atoms with Gasteiger partial charge in [0.2, 0.25) is 0 Å². The smallest absolute Gasteiger partial charge is 0.254 e. The van der Waals surface area contributed by atoms with Crippen molar-refractivity contribution < 1.29 is 19.0 Å². The Kier molecular flexibility index (Phi) is 6.74. The van der Waals surface area contributed by atoms with Gasteiger partial charge in [-0.15, -0.1) is 0 Å². The molecular weight excluding hydrogens is 384 g/mol. The van der Waals surface area contributed by atoms with Crippen LogP contribution in [-0.2, 0) is 11.3 Å². The maximum atomic E-state index is 13.2. The monoisotopic (exact) mass is 410 g/mol. The number of aromatic amines is 1. The van der Waals surface area contributed by atoms with Crippen molar-refractivity contribution in [2.75, 3.05) is 34.5 Å². The number of nitrogens with one attached hydrogen (secondary N) is 1. The van der Waals surface area contributed by atoms with Gasteiger partial charge in [-0.3, -0.25) is 9.59 Å². The lowest BCUT2D eigenvalue weighted by Gasteiger charge is -2.23. The number of hydrogen-bond acceptors (Lipinski definition) is 5.